The molecule has 2 aromatic carbocycles. The molecule has 154 valence electrons. The van der Waals surface area contributed by atoms with Gasteiger partial charge in [-0.15, -0.1) is 0 Å². The van der Waals surface area contributed by atoms with E-state index in [0.717, 1.165) is 5.56 Å². The standard InChI is InChI=1S/C20H22N2O6S/c1-15-3-2-4-16(13-15)20(24)28-14-19(23)21-17-5-7-18(8-6-17)29(25,26)22-9-11-27-12-10-22/h2-8,13H,9-12,14H2,1H3,(H,21,23). The number of sulfonamides is 1. The molecule has 1 fully saturated rings. The van der Waals surface area contributed by atoms with E-state index in [0.29, 0.717) is 37.6 Å². The van der Waals surface area contributed by atoms with Gasteiger partial charge < -0.3 is 14.8 Å². The summed E-state index contributed by atoms with van der Waals surface area (Å²) < 4.78 is 36.7. The van der Waals surface area contributed by atoms with Crippen LogP contribution in [0.3, 0.4) is 0 Å². The van der Waals surface area contributed by atoms with Gasteiger partial charge in [0.25, 0.3) is 5.91 Å². The van der Waals surface area contributed by atoms with E-state index in [1.807, 2.05) is 13.0 Å². The Labute approximate surface area is 169 Å². The predicted octanol–water partition coefficient (Wildman–Crippen LogP) is 1.81. The maximum atomic E-state index is 12.6. The van der Waals surface area contributed by atoms with Crippen molar-refractivity contribution in [1.82, 2.24) is 4.31 Å². The van der Waals surface area contributed by atoms with Gasteiger partial charge in [0.15, 0.2) is 6.61 Å². The lowest BCUT2D eigenvalue weighted by molar-refractivity contribution is -0.119. The Morgan fingerprint density at radius 1 is 1.10 bits per heavy atom. The molecule has 3 rings (SSSR count). The van der Waals surface area contributed by atoms with Crippen molar-refractivity contribution in [3.8, 4) is 0 Å². The second-order valence-electron chi connectivity index (χ2n) is 6.53. The summed E-state index contributed by atoms with van der Waals surface area (Å²) in [5, 5.41) is 2.57. The van der Waals surface area contributed by atoms with Crippen LogP contribution in [-0.4, -0.2) is 57.5 Å². The summed E-state index contributed by atoms with van der Waals surface area (Å²) >= 11 is 0. The van der Waals surface area contributed by atoms with Crippen molar-refractivity contribution in [2.45, 2.75) is 11.8 Å². The van der Waals surface area contributed by atoms with E-state index in [9.17, 15) is 18.0 Å². The van der Waals surface area contributed by atoms with Crippen LogP contribution >= 0.6 is 0 Å². The van der Waals surface area contributed by atoms with Crippen LogP contribution in [0.25, 0.3) is 0 Å². The zero-order valence-electron chi connectivity index (χ0n) is 16.0. The van der Waals surface area contributed by atoms with Crippen molar-refractivity contribution in [3.05, 3.63) is 59.7 Å². The average Bonchev–Trinajstić information content (AvgIpc) is 2.73. The van der Waals surface area contributed by atoms with E-state index < -0.39 is 28.5 Å². The number of esters is 1. The highest BCUT2D eigenvalue weighted by atomic mass is 32.2. The van der Waals surface area contributed by atoms with Crippen molar-refractivity contribution in [2.24, 2.45) is 0 Å². The highest BCUT2D eigenvalue weighted by Crippen LogP contribution is 2.19. The van der Waals surface area contributed by atoms with Crippen LogP contribution in [-0.2, 0) is 24.3 Å². The smallest absolute Gasteiger partial charge is 0.338 e. The van der Waals surface area contributed by atoms with E-state index in [-0.39, 0.29) is 4.90 Å². The summed E-state index contributed by atoms with van der Waals surface area (Å²) in [6.45, 7) is 2.77. The van der Waals surface area contributed by atoms with Gasteiger partial charge in [0.1, 0.15) is 0 Å². The zero-order valence-corrected chi connectivity index (χ0v) is 16.8. The molecule has 2 aromatic rings. The maximum absolute atomic E-state index is 12.6. The molecule has 29 heavy (non-hydrogen) atoms. The van der Waals surface area contributed by atoms with Gasteiger partial charge in [0.05, 0.1) is 23.7 Å². The van der Waals surface area contributed by atoms with Gasteiger partial charge in [-0.3, -0.25) is 4.79 Å². The number of hydrogen-bond acceptors (Lipinski definition) is 6. The quantitative estimate of drug-likeness (QED) is 0.718. The monoisotopic (exact) mass is 418 g/mol. The Balaban J connectivity index is 1.55. The largest absolute Gasteiger partial charge is 0.452 e. The summed E-state index contributed by atoms with van der Waals surface area (Å²) in [6, 6.07) is 12.7. The first-order chi connectivity index (χ1) is 13.9. The van der Waals surface area contributed by atoms with E-state index in [1.165, 1.54) is 28.6 Å². The van der Waals surface area contributed by atoms with Crippen LogP contribution < -0.4 is 5.32 Å². The number of aryl methyl sites for hydroxylation is 1. The zero-order chi connectivity index (χ0) is 20.9. The average molecular weight is 418 g/mol. The van der Waals surface area contributed by atoms with Gasteiger partial charge in [-0.05, 0) is 43.3 Å². The molecule has 0 atom stereocenters. The van der Waals surface area contributed by atoms with E-state index in [4.69, 9.17) is 9.47 Å². The molecule has 9 heteroatoms. The number of rotatable bonds is 6. The van der Waals surface area contributed by atoms with Gasteiger partial charge in [-0.25, -0.2) is 13.2 Å². The lowest BCUT2D eigenvalue weighted by Gasteiger charge is -2.26. The maximum Gasteiger partial charge on any atom is 0.338 e. The first-order valence-electron chi connectivity index (χ1n) is 9.08. The molecule has 1 aliphatic rings. The summed E-state index contributed by atoms with van der Waals surface area (Å²) in [5.41, 5.74) is 1.69. The SMILES string of the molecule is Cc1cccc(C(=O)OCC(=O)Nc2ccc(S(=O)(=O)N3CCOCC3)cc2)c1. The second kappa shape index (κ2) is 9.17. The minimum absolute atomic E-state index is 0.142. The van der Waals surface area contributed by atoms with Crippen LogP contribution in [0.1, 0.15) is 15.9 Å². The predicted molar refractivity (Wildman–Crippen MR) is 106 cm³/mol. The van der Waals surface area contributed by atoms with Crippen LogP contribution in [0.2, 0.25) is 0 Å². The number of nitrogens with zero attached hydrogens (tertiary/aromatic N) is 1. The third kappa shape index (κ3) is 5.41. The van der Waals surface area contributed by atoms with Crippen molar-refractivity contribution in [1.29, 1.82) is 0 Å². The number of morpholine rings is 1. The third-order valence-corrected chi connectivity index (χ3v) is 6.25. The molecule has 1 aliphatic heterocycles. The molecule has 0 saturated carbocycles. The molecule has 0 aliphatic carbocycles. The first kappa shape index (κ1) is 21.0. The Hall–Kier alpha value is -2.75. The number of carbonyl (C=O) groups is 2. The summed E-state index contributed by atoms with van der Waals surface area (Å²) in [5.74, 6) is -1.11. The number of ether oxygens (including phenoxy) is 2. The van der Waals surface area contributed by atoms with Gasteiger partial charge in [-0.1, -0.05) is 17.7 Å². The highest BCUT2D eigenvalue weighted by molar-refractivity contribution is 7.89. The number of nitrogens with one attached hydrogen (secondary N) is 1. The van der Waals surface area contributed by atoms with Gasteiger partial charge in [0, 0.05) is 18.8 Å². The lowest BCUT2D eigenvalue weighted by atomic mass is 10.1. The first-order valence-corrected chi connectivity index (χ1v) is 10.5. The Morgan fingerprint density at radius 3 is 2.45 bits per heavy atom. The topological polar surface area (TPSA) is 102 Å². The number of benzene rings is 2. The molecule has 1 N–H and O–H groups in total. The van der Waals surface area contributed by atoms with Crippen molar-refractivity contribution in [2.75, 3.05) is 38.2 Å². The normalized spacial score (nSPS) is 14.9. The van der Waals surface area contributed by atoms with Gasteiger partial charge in [0.2, 0.25) is 10.0 Å². The molecule has 0 bridgehead atoms. The Kier molecular flexibility index (Phi) is 6.63. The molecule has 1 amide bonds. The van der Waals surface area contributed by atoms with Gasteiger partial charge in [-0.2, -0.15) is 4.31 Å². The number of hydrogen-bond donors (Lipinski definition) is 1. The van der Waals surface area contributed by atoms with Crippen molar-refractivity contribution in [3.63, 3.8) is 0 Å². The number of amides is 1. The summed E-state index contributed by atoms with van der Waals surface area (Å²) in [7, 11) is -3.59. The minimum Gasteiger partial charge on any atom is -0.452 e. The van der Waals surface area contributed by atoms with Crippen LogP contribution in [0.5, 0.6) is 0 Å². The van der Waals surface area contributed by atoms with E-state index in [1.54, 1.807) is 18.2 Å². The number of anilines is 1. The molecule has 0 unspecified atom stereocenters. The molecule has 8 nitrogen and oxygen atoms in total. The number of carbonyl (C=O) groups excluding carboxylic acids is 2. The molecular weight excluding hydrogens is 396 g/mol. The molecule has 1 saturated heterocycles. The molecule has 0 spiro atoms. The molecule has 0 aromatic heterocycles. The Morgan fingerprint density at radius 2 is 1.79 bits per heavy atom. The summed E-state index contributed by atoms with van der Waals surface area (Å²) in [4.78, 5) is 24.1. The molecule has 0 radical (unpaired) electrons. The molecular formula is C20H22N2O6S. The van der Waals surface area contributed by atoms with Gasteiger partial charge >= 0.3 is 5.97 Å². The fraction of sp³-hybridized carbons (Fsp3) is 0.300. The fourth-order valence-electron chi connectivity index (χ4n) is 2.83. The van der Waals surface area contributed by atoms with E-state index >= 15 is 0 Å². The third-order valence-electron chi connectivity index (χ3n) is 4.33. The minimum atomic E-state index is -3.59. The lowest BCUT2D eigenvalue weighted by Crippen LogP contribution is -2.40. The molecule has 1 heterocycles. The second-order valence-corrected chi connectivity index (χ2v) is 8.47. The van der Waals surface area contributed by atoms with Crippen LogP contribution in [0, 0.1) is 6.92 Å². The van der Waals surface area contributed by atoms with Crippen LogP contribution in [0.4, 0.5) is 5.69 Å². The summed E-state index contributed by atoms with van der Waals surface area (Å²) in [6.07, 6.45) is 0. The van der Waals surface area contributed by atoms with Crippen LogP contribution in [0.15, 0.2) is 53.4 Å². The fourth-order valence-corrected chi connectivity index (χ4v) is 4.24. The van der Waals surface area contributed by atoms with Crippen molar-refractivity contribution >= 4 is 27.6 Å². The Bertz CT molecular complexity index is 982. The van der Waals surface area contributed by atoms with E-state index in [2.05, 4.69) is 5.32 Å². The van der Waals surface area contributed by atoms with Crippen molar-refractivity contribution < 1.29 is 27.5 Å². The highest BCUT2D eigenvalue weighted by Gasteiger charge is 2.26.